The molecule has 0 bridgehead atoms. The van der Waals surface area contributed by atoms with Crippen molar-refractivity contribution in [2.45, 2.75) is 55.9 Å². The van der Waals surface area contributed by atoms with Crippen molar-refractivity contribution in [1.29, 1.82) is 0 Å². The summed E-state index contributed by atoms with van der Waals surface area (Å²) in [5.41, 5.74) is 4.02. The Labute approximate surface area is 204 Å². The normalized spacial score (nSPS) is 25.3. The molecular weight excluding hydrogens is 508 g/mol. The number of nitrogens with one attached hydrogen (secondary N) is 1. The van der Waals surface area contributed by atoms with Crippen molar-refractivity contribution in [3.05, 3.63) is 61.3 Å². The van der Waals surface area contributed by atoms with Gasteiger partial charge in [-0.2, -0.15) is 0 Å². The number of nitrogens with two attached hydrogens (primary N) is 1. The molecule has 2 aromatic rings. The molecule has 1 amide bonds. The minimum absolute atomic E-state index is 0.0969. The summed E-state index contributed by atoms with van der Waals surface area (Å²) >= 11 is 3.13. The molecule has 0 radical (unpaired) electrons. The topological polar surface area (TPSA) is 151 Å². The molecule has 1 aromatic carbocycles. The molecule has 0 saturated carbocycles. The zero-order chi connectivity index (χ0) is 24.7. The van der Waals surface area contributed by atoms with Gasteiger partial charge in [-0.25, -0.2) is 4.79 Å². The first-order valence-corrected chi connectivity index (χ1v) is 12.0. The third-order valence-electron chi connectivity index (χ3n) is 6.90. The van der Waals surface area contributed by atoms with Crippen LogP contribution in [0, 0.1) is 0 Å². The number of halogens is 1. The summed E-state index contributed by atoms with van der Waals surface area (Å²) in [4.78, 5) is 40.8. The number of carbonyl (C=O) groups is 1. The summed E-state index contributed by atoms with van der Waals surface area (Å²) in [6.45, 7) is 2.66. The zero-order valence-electron chi connectivity index (χ0n) is 18.9. The first kappa shape index (κ1) is 24.6. The van der Waals surface area contributed by atoms with E-state index >= 15 is 0 Å². The number of hydrogen-bond donors (Lipinski definition) is 4. The van der Waals surface area contributed by atoms with Crippen LogP contribution in [0.4, 0.5) is 0 Å². The summed E-state index contributed by atoms with van der Waals surface area (Å²) in [6.07, 6.45) is 3.11. The highest BCUT2D eigenvalue weighted by Crippen LogP contribution is 2.43. The zero-order valence-corrected chi connectivity index (χ0v) is 20.5. The number of carbonyl (C=O) groups excluding carboxylic acids is 1. The van der Waals surface area contributed by atoms with Gasteiger partial charge in [-0.15, -0.1) is 0 Å². The average Bonchev–Trinajstić information content (AvgIpc) is 2.78. The van der Waals surface area contributed by atoms with Gasteiger partial charge in [0.2, 0.25) is 5.91 Å². The second kappa shape index (κ2) is 9.29. The van der Waals surface area contributed by atoms with E-state index < -0.39 is 34.5 Å². The van der Waals surface area contributed by atoms with E-state index in [1.54, 1.807) is 36.1 Å². The molecule has 184 valence electrons. The highest BCUT2D eigenvalue weighted by Gasteiger charge is 2.50. The lowest BCUT2D eigenvalue weighted by molar-refractivity contribution is -0.198. The monoisotopic (exact) mass is 536 g/mol. The van der Waals surface area contributed by atoms with Gasteiger partial charge in [-0.3, -0.25) is 19.1 Å². The van der Waals surface area contributed by atoms with Gasteiger partial charge < -0.3 is 25.6 Å². The van der Waals surface area contributed by atoms with Crippen molar-refractivity contribution in [3.63, 3.8) is 0 Å². The molecule has 1 spiro atoms. The van der Waals surface area contributed by atoms with Crippen molar-refractivity contribution >= 4 is 21.8 Å². The minimum atomic E-state index is -1.26. The molecule has 0 unspecified atom stereocenters. The maximum atomic E-state index is 12.9. The van der Waals surface area contributed by atoms with Crippen LogP contribution < -0.4 is 17.0 Å². The largest absolute Gasteiger partial charge is 0.508 e. The molecule has 2 fully saturated rings. The van der Waals surface area contributed by atoms with E-state index in [1.165, 1.54) is 10.8 Å². The Morgan fingerprint density at radius 2 is 1.94 bits per heavy atom. The molecule has 4 rings (SSSR count). The van der Waals surface area contributed by atoms with Gasteiger partial charge in [-0.05, 0) is 59.8 Å². The van der Waals surface area contributed by atoms with Gasteiger partial charge >= 0.3 is 5.69 Å². The second-order valence-electron chi connectivity index (χ2n) is 9.49. The number of benzene rings is 1. The Kier molecular flexibility index (Phi) is 6.74. The van der Waals surface area contributed by atoms with Crippen LogP contribution in [0.5, 0.6) is 5.75 Å². The Hall–Kier alpha value is -2.47. The van der Waals surface area contributed by atoms with E-state index in [0.29, 0.717) is 32.4 Å². The number of likely N-dealkylation sites (tertiary alicyclic amines) is 1. The molecular formula is C23H29BrN4O6. The second-order valence-corrected chi connectivity index (χ2v) is 10.3. The number of ether oxygens (including phenoxy) is 1. The SMILES string of the molecule is C[C@@]1(O)CC2(CCN(C(=O)[C@@H](N)Cc3ccc(O)cc3)CC2)OC[C@H]1n1cc(Br)c(=O)[nH]c1=O. The fourth-order valence-electron chi connectivity index (χ4n) is 4.99. The number of nitrogens with zero attached hydrogens (tertiary/aromatic N) is 2. The van der Waals surface area contributed by atoms with Crippen molar-refractivity contribution in [2.75, 3.05) is 19.7 Å². The lowest BCUT2D eigenvalue weighted by Gasteiger charge is -2.51. The van der Waals surface area contributed by atoms with Crippen LogP contribution in [0.3, 0.4) is 0 Å². The fourth-order valence-corrected chi connectivity index (χ4v) is 5.31. The first-order valence-electron chi connectivity index (χ1n) is 11.2. The van der Waals surface area contributed by atoms with Gasteiger partial charge in [0.25, 0.3) is 5.56 Å². The van der Waals surface area contributed by atoms with E-state index in [0.717, 1.165) is 5.56 Å². The summed E-state index contributed by atoms with van der Waals surface area (Å²) in [7, 11) is 0. The minimum Gasteiger partial charge on any atom is -0.508 e. The Morgan fingerprint density at radius 3 is 2.56 bits per heavy atom. The Bertz CT molecular complexity index is 1170. The van der Waals surface area contributed by atoms with Crippen LogP contribution >= 0.6 is 15.9 Å². The van der Waals surface area contributed by atoms with Gasteiger partial charge in [0.15, 0.2) is 0 Å². The van der Waals surface area contributed by atoms with E-state index in [9.17, 15) is 24.6 Å². The van der Waals surface area contributed by atoms with E-state index in [1.807, 2.05) is 0 Å². The number of hydrogen-bond acceptors (Lipinski definition) is 7. The average molecular weight is 537 g/mol. The maximum absolute atomic E-state index is 12.9. The number of aromatic amines is 1. The Balaban J connectivity index is 1.39. The number of aromatic nitrogens is 2. The first-order chi connectivity index (χ1) is 16.0. The predicted molar refractivity (Wildman–Crippen MR) is 128 cm³/mol. The molecule has 0 aliphatic carbocycles. The molecule has 5 N–H and O–H groups in total. The fraction of sp³-hybridized carbons (Fsp3) is 0.522. The molecule has 3 heterocycles. The van der Waals surface area contributed by atoms with Crippen molar-refractivity contribution < 1.29 is 19.7 Å². The smallest absolute Gasteiger partial charge is 0.328 e. The van der Waals surface area contributed by atoms with Crippen LogP contribution in [0.25, 0.3) is 0 Å². The third kappa shape index (κ3) is 4.97. The number of phenolic OH excluding ortho intramolecular Hbond substituents is 1. The third-order valence-corrected chi connectivity index (χ3v) is 7.47. The number of aliphatic hydroxyl groups is 1. The van der Waals surface area contributed by atoms with Crippen molar-refractivity contribution in [2.24, 2.45) is 5.73 Å². The number of phenols is 1. The van der Waals surface area contributed by atoms with E-state index in [-0.39, 0.29) is 29.2 Å². The van der Waals surface area contributed by atoms with Gasteiger partial charge in [0.05, 0.1) is 34.4 Å². The number of rotatable bonds is 4. The van der Waals surface area contributed by atoms with Crippen LogP contribution in [-0.4, -0.2) is 67.5 Å². The number of H-pyrrole nitrogens is 1. The molecule has 2 aliphatic rings. The van der Waals surface area contributed by atoms with Gasteiger partial charge in [0, 0.05) is 25.7 Å². The molecule has 34 heavy (non-hydrogen) atoms. The number of aromatic hydroxyl groups is 1. The van der Waals surface area contributed by atoms with Crippen molar-refractivity contribution in [3.8, 4) is 5.75 Å². The highest BCUT2D eigenvalue weighted by atomic mass is 79.9. The highest BCUT2D eigenvalue weighted by molar-refractivity contribution is 9.10. The summed E-state index contributed by atoms with van der Waals surface area (Å²) in [5, 5.41) is 20.7. The Morgan fingerprint density at radius 1 is 1.29 bits per heavy atom. The molecule has 11 heteroatoms. The summed E-state index contributed by atoms with van der Waals surface area (Å²) < 4.78 is 7.69. The molecule has 1 aromatic heterocycles. The summed E-state index contributed by atoms with van der Waals surface area (Å²) in [6, 6.07) is 5.26. The number of amides is 1. The lowest BCUT2D eigenvalue weighted by Crippen LogP contribution is -2.60. The predicted octanol–water partition coefficient (Wildman–Crippen LogP) is 0.648. The van der Waals surface area contributed by atoms with Crippen molar-refractivity contribution in [1.82, 2.24) is 14.5 Å². The van der Waals surface area contributed by atoms with Crippen LogP contribution in [0.15, 0.2) is 44.5 Å². The van der Waals surface area contributed by atoms with E-state index in [2.05, 4.69) is 20.9 Å². The molecule has 3 atom stereocenters. The summed E-state index contributed by atoms with van der Waals surface area (Å²) in [5.74, 6) is 0.0154. The van der Waals surface area contributed by atoms with Gasteiger partial charge in [-0.1, -0.05) is 12.1 Å². The number of piperidine rings is 1. The van der Waals surface area contributed by atoms with Gasteiger partial charge in [0.1, 0.15) is 5.75 Å². The van der Waals surface area contributed by atoms with Crippen LogP contribution in [-0.2, 0) is 16.0 Å². The molecule has 2 aliphatic heterocycles. The molecule has 10 nitrogen and oxygen atoms in total. The lowest BCUT2D eigenvalue weighted by atomic mass is 9.75. The van der Waals surface area contributed by atoms with E-state index in [4.69, 9.17) is 10.5 Å². The van der Waals surface area contributed by atoms with Crippen LogP contribution in [0.2, 0.25) is 0 Å². The quantitative estimate of drug-likeness (QED) is 0.447. The maximum Gasteiger partial charge on any atom is 0.328 e. The molecule has 2 saturated heterocycles. The standard InChI is InChI=1S/C23H29BrN4O6/c1-22(33)13-23(34-12-18(22)28-11-16(24)19(30)26-21(28)32)6-8-27(9-7-23)20(31)17(25)10-14-2-4-15(29)5-3-14/h2-5,11,17-18,29,33H,6-10,12-13,25H2,1H3,(H,26,30,32)/t17-,18+,22+/m0/s1. The van der Waals surface area contributed by atoms with Crippen LogP contribution in [0.1, 0.15) is 37.8 Å².